The normalized spacial score (nSPS) is 10.6. The molecule has 1 aromatic carbocycles. The monoisotopic (exact) mass is 345 g/mol. The van der Waals surface area contributed by atoms with E-state index in [4.69, 9.17) is 20.8 Å². The molecule has 0 saturated heterocycles. The molecule has 3 rings (SSSR count). The van der Waals surface area contributed by atoms with Crippen molar-refractivity contribution in [1.82, 2.24) is 15.1 Å². The molecule has 0 aliphatic heterocycles. The molecule has 0 unspecified atom stereocenters. The number of para-hydroxylation sites is 1. The summed E-state index contributed by atoms with van der Waals surface area (Å²) in [7, 11) is 1.85. The Kier molecular flexibility index (Phi) is 4.57. The van der Waals surface area contributed by atoms with Crippen LogP contribution in [-0.4, -0.2) is 15.7 Å². The predicted octanol–water partition coefficient (Wildman–Crippen LogP) is 3.70. The smallest absolute Gasteiger partial charge is 0.290 e. The molecular weight excluding hydrogens is 330 g/mol. The maximum absolute atomic E-state index is 12.2. The molecular formula is C17H16ClN3O3. The second kappa shape index (κ2) is 6.80. The number of nitrogens with zero attached hydrogens (tertiary/aromatic N) is 2. The number of ether oxygens (including phenoxy) is 1. The van der Waals surface area contributed by atoms with Gasteiger partial charge in [-0.05, 0) is 25.1 Å². The molecule has 24 heavy (non-hydrogen) atoms. The molecule has 0 fully saturated rings. The van der Waals surface area contributed by atoms with Crippen LogP contribution in [0.2, 0.25) is 5.02 Å². The third-order valence-electron chi connectivity index (χ3n) is 3.63. The van der Waals surface area contributed by atoms with Crippen LogP contribution >= 0.6 is 11.6 Å². The number of furan rings is 1. The van der Waals surface area contributed by atoms with Crippen molar-refractivity contribution in [3.8, 4) is 11.7 Å². The Morgan fingerprint density at radius 3 is 2.83 bits per heavy atom. The van der Waals surface area contributed by atoms with E-state index in [0.29, 0.717) is 17.3 Å². The van der Waals surface area contributed by atoms with Gasteiger partial charge in [0.1, 0.15) is 5.75 Å². The van der Waals surface area contributed by atoms with Crippen LogP contribution < -0.4 is 10.1 Å². The first-order valence-electron chi connectivity index (χ1n) is 7.32. The molecule has 1 N–H and O–H groups in total. The van der Waals surface area contributed by atoms with Crippen LogP contribution in [0.4, 0.5) is 0 Å². The molecule has 2 heterocycles. The van der Waals surface area contributed by atoms with Gasteiger partial charge in [0.2, 0.25) is 0 Å². The van der Waals surface area contributed by atoms with Gasteiger partial charge in [-0.3, -0.25) is 9.48 Å². The molecule has 0 radical (unpaired) electrons. The van der Waals surface area contributed by atoms with Crippen LogP contribution in [0.15, 0.2) is 47.0 Å². The number of hydrogen-bond donors (Lipinski definition) is 1. The van der Waals surface area contributed by atoms with Crippen molar-refractivity contribution in [2.24, 2.45) is 7.05 Å². The Bertz CT molecular complexity index is 870. The SMILES string of the molecule is Cc1c(CNC(=O)c2ccc(Oc3ccccc3Cl)o2)cnn1C. The Morgan fingerprint density at radius 1 is 1.33 bits per heavy atom. The molecule has 0 saturated carbocycles. The summed E-state index contributed by atoms with van der Waals surface area (Å²) < 4.78 is 12.7. The number of aromatic nitrogens is 2. The summed E-state index contributed by atoms with van der Waals surface area (Å²) in [4.78, 5) is 12.2. The molecule has 0 aliphatic carbocycles. The molecule has 0 spiro atoms. The zero-order valence-electron chi connectivity index (χ0n) is 13.2. The van der Waals surface area contributed by atoms with E-state index in [-0.39, 0.29) is 17.6 Å². The Labute approximate surface area is 144 Å². The number of benzene rings is 1. The lowest BCUT2D eigenvalue weighted by Crippen LogP contribution is -2.22. The van der Waals surface area contributed by atoms with Gasteiger partial charge in [0.25, 0.3) is 11.9 Å². The largest absolute Gasteiger partial charge is 0.424 e. The third kappa shape index (κ3) is 3.44. The van der Waals surface area contributed by atoms with Crippen molar-refractivity contribution >= 4 is 17.5 Å². The molecule has 7 heteroatoms. The molecule has 2 aromatic heterocycles. The summed E-state index contributed by atoms with van der Waals surface area (Å²) in [5.41, 5.74) is 1.95. The van der Waals surface area contributed by atoms with Crippen molar-refractivity contribution in [2.75, 3.05) is 0 Å². The lowest BCUT2D eigenvalue weighted by Gasteiger charge is -2.04. The first kappa shape index (κ1) is 16.1. The van der Waals surface area contributed by atoms with E-state index in [1.165, 1.54) is 0 Å². The third-order valence-corrected chi connectivity index (χ3v) is 3.94. The van der Waals surface area contributed by atoms with Crippen LogP contribution in [-0.2, 0) is 13.6 Å². The first-order chi connectivity index (χ1) is 11.5. The van der Waals surface area contributed by atoms with Gasteiger partial charge in [-0.2, -0.15) is 5.10 Å². The second-order valence-electron chi connectivity index (χ2n) is 5.21. The number of hydrogen-bond acceptors (Lipinski definition) is 4. The van der Waals surface area contributed by atoms with E-state index in [9.17, 15) is 4.79 Å². The zero-order chi connectivity index (χ0) is 17.1. The van der Waals surface area contributed by atoms with Crippen molar-refractivity contribution < 1.29 is 13.9 Å². The van der Waals surface area contributed by atoms with Gasteiger partial charge in [-0.25, -0.2) is 0 Å². The Morgan fingerprint density at radius 2 is 2.12 bits per heavy atom. The fourth-order valence-electron chi connectivity index (χ4n) is 2.11. The highest BCUT2D eigenvalue weighted by Crippen LogP contribution is 2.29. The molecule has 124 valence electrons. The van der Waals surface area contributed by atoms with E-state index in [1.54, 1.807) is 47.3 Å². The van der Waals surface area contributed by atoms with Crippen LogP contribution in [0.25, 0.3) is 0 Å². The second-order valence-corrected chi connectivity index (χ2v) is 5.62. The highest BCUT2D eigenvalue weighted by atomic mass is 35.5. The molecule has 0 bridgehead atoms. The van der Waals surface area contributed by atoms with E-state index >= 15 is 0 Å². The van der Waals surface area contributed by atoms with Crippen molar-refractivity contribution in [3.05, 3.63) is 64.6 Å². The van der Waals surface area contributed by atoms with E-state index < -0.39 is 0 Å². The Balaban J connectivity index is 1.63. The number of nitrogens with one attached hydrogen (secondary N) is 1. The standard InChI is InChI=1S/C17H16ClN3O3/c1-11-12(10-20-21(11)2)9-19-17(22)15-7-8-16(24-15)23-14-6-4-3-5-13(14)18/h3-8,10H,9H2,1-2H3,(H,19,22). The highest BCUT2D eigenvalue weighted by Gasteiger charge is 2.14. The predicted molar refractivity (Wildman–Crippen MR) is 89.3 cm³/mol. The van der Waals surface area contributed by atoms with Gasteiger partial charge in [0.05, 0.1) is 11.2 Å². The molecule has 0 aliphatic rings. The van der Waals surface area contributed by atoms with Crippen LogP contribution in [0, 0.1) is 6.92 Å². The number of halogens is 1. The number of aryl methyl sites for hydroxylation is 1. The molecule has 6 nitrogen and oxygen atoms in total. The summed E-state index contributed by atoms with van der Waals surface area (Å²) in [6.07, 6.45) is 1.73. The number of carbonyl (C=O) groups excluding carboxylic acids is 1. The fraction of sp³-hybridized carbons (Fsp3) is 0.176. The highest BCUT2D eigenvalue weighted by molar-refractivity contribution is 6.32. The maximum Gasteiger partial charge on any atom is 0.290 e. The van der Waals surface area contributed by atoms with Crippen LogP contribution in [0.5, 0.6) is 11.7 Å². The minimum Gasteiger partial charge on any atom is -0.424 e. The molecule has 0 atom stereocenters. The molecule has 1 amide bonds. The van der Waals surface area contributed by atoms with Gasteiger partial charge >= 0.3 is 0 Å². The van der Waals surface area contributed by atoms with Crippen LogP contribution in [0.1, 0.15) is 21.8 Å². The van der Waals surface area contributed by atoms with Gasteiger partial charge in [0.15, 0.2) is 5.76 Å². The summed E-state index contributed by atoms with van der Waals surface area (Å²) >= 11 is 6.02. The lowest BCUT2D eigenvalue weighted by molar-refractivity contribution is 0.0918. The fourth-order valence-corrected chi connectivity index (χ4v) is 2.29. The number of carbonyl (C=O) groups is 1. The first-order valence-corrected chi connectivity index (χ1v) is 7.70. The quantitative estimate of drug-likeness (QED) is 0.765. The van der Waals surface area contributed by atoms with E-state index in [1.807, 2.05) is 14.0 Å². The Hall–Kier alpha value is -2.73. The number of amides is 1. The van der Waals surface area contributed by atoms with E-state index in [2.05, 4.69) is 10.4 Å². The minimum atomic E-state index is -0.327. The summed E-state index contributed by atoms with van der Waals surface area (Å²) in [6, 6.07) is 10.2. The summed E-state index contributed by atoms with van der Waals surface area (Å²) in [5.74, 6) is 0.503. The van der Waals surface area contributed by atoms with Gasteiger partial charge in [-0.15, -0.1) is 0 Å². The lowest BCUT2D eigenvalue weighted by atomic mass is 10.2. The molecule has 3 aromatic rings. The van der Waals surface area contributed by atoms with Gasteiger partial charge in [-0.1, -0.05) is 23.7 Å². The van der Waals surface area contributed by atoms with Crippen molar-refractivity contribution in [2.45, 2.75) is 13.5 Å². The van der Waals surface area contributed by atoms with Crippen molar-refractivity contribution in [3.63, 3.8) is 0 Å². The number of rotatable bonds is 5. The van der Waals surface area contributed by atoms with Gasteiger partial charge in [0, 0.05) is 30.9 Å². The van der Waals surface area contributed by atoms with Crippen LogP contribution in [0.3, 0.4) is 0 Å². The van der Waals surface area contributed by atoms with Crippen molar-refractivity contribution in [1.29, 1.82) is 0 Å². The average molecular weight is 346 g/mol. The minimum absolute atomic E-state index is 0.165. The van der Waals surface area contributed by atoms with E-state index in [0.717, 1.165) is 11.3 Å². The summed E-state index contributed by atoms with van der Waals surface area (Å²) in [6.45, 7) is 2.32. The van der Waals surface area contributed by atoms with Gasteiger partial charge < -0.3 is 14.5 Å². The maximum atomic E-state index is 12.2. The topological polar surface area (TPSA) is 69.3 Å². The zero-order valence-corrected chi connectivity index (χ0v) is 14.0. The average Bonchev–Trinajstić information content (AvgIpc) is 3.16. The summed E-state index contributed by atoms with van der Waals surface area (Å²) in [5, 5.41) is 7.39.